The molecular weight excluding hydrogens is 282 g/mol. The van der Waals surface area contributed by atoms with Gasteiger partial charge in [-0.15, -0.1) is 0 Å². The zero-order chi connectivity index (χ0) is 15.1. The van der Waals surface area contributed by atoms with Crippen LogP contribution in [0.25, 0.3) is 0 Å². The molecule has 1 atom stereocenters. The molecule has 0 heterocycles. The highest BCUT2D eigenvalue weighted by atomic mass is 35.5. The number of halogens is 1. The number of rotatable bonds is 7. The Morgan fingerprint density at radius 3 is 2.67 bits per heavy atom. The van der Waals surface area contributed by atoms with Gasteiger partial charge in [-0.05, 0) is 54.8 Å². The standard InChI is InChI=1S/C18H22ClNO/c1-3-10-20-18(15-7-5-8-16(19)13-15)12-14-6-4-9-17(11-14)21-2/h4-9,11,13,18,20H,3,10,12H2,1-2H3. The Balaban J connectivity index is 2.19. The van der Waals surface area contributed by atoms with E-state index >= 15 is 0 Å². The van der Waals surface area contributed by atoms with E-state index in [1.807, 2.05) is 30.3 Å². The van der Waals surface area contributed by atoms with Crippen LogP contribution in [0.2, 0.25) is 5.02 Å². The molecule has 0 spiro atoms. The second-order valence-electron chi connectivity index (χ2n) is 5.12. The van der Waals surface area contributed by atoms with Gasteiger partial charge >= 0.3 is 0 Å². The molecule has 21 heavy (non-hydrogen) atoms. The summed E-state index contributed by atoms with van der Waals surface area (Å²) in [6.45, 7) is 3.16. The van der Waals surface area contributed by atoms with Crippen molar-refractivity contribution in [1.82, 2.24) is 5.32 Å². The third kappa shape index (κ3) is 4.76. The van der Waals surface area contributed by atoms with E-state index in [4.69, 9.17) is 16.3 Å². The first kappa shape index (κ1) is 15.9. The minimum Gasteiger partial charge on any atom is -0.497 e. The molecule has 0 aliphatic heterocycles. The molecule has 2 aromatic rings. The van der Waals surface area contributed by atoms with Crippen molar-refractivity contribution in [3.05, 3.63) is 64.7 Å². The third-order valence-corrected chi connectivity index (χ3v) is 3.70. The molecule has 3 heteroatoms. The van der Waals surface area contributed by atoms with Crippen molar-refractivity contribution in [2.45, 2.75) is 25.8 Å². The Morgan fingerprint density at radius 2 is 1.95 bits per heavy atom. The molecule has 2 aromatic carbocycles. The number of hydrogen-bond acceptors (Lipinski definition) is 2. The molecule has 0 bridgehead atoms. The van der Waals surface area contributed by atoms with Gasteiger partial charge in [-0.25, -0.2) is 0 Å². The molecule has 0 amide bonds. The van der Waals surface area contributed by atoms with Crippen LogP contribution in [0.5, 0.6) is 5.75 Å². The molecule has 0 aromatic heterocycles. The lowest BCUT2D eigenvalue weighted by atomic mass is 9.98. The number of ether oxygens (including phenoxy) is 1. The summed E-state index contributed by atoms with van der Waals surface area (Å²) in [7, 11) is 1.70. The van der Waals surface area contributed by atoms with E-state index in [1.165, 1.54) is 11.1 Å². The highest BCUT2D eigenvalue weighted by Crippen LogP contribution is 2.23. The van der Waals surface area contributed by atoms with Crippen molar-refractivity contribution in [2.75, 3.05) is 13.7 Å². The summed E-state index contributed by atoms with van der Waals surface area (Å²) >= 11 is 6.13. The van der Waals surface area contributed by atoms with Gasteiger partial charge in [0.2, 0.25) is 0 Å². The Kier molecular flexibility index (Phi) is 6.09. The van der Waals surface area contributed by atoms with Crippen LogP contribution in [0, 0.1) is 0 Å². The number of hydrogen-bond donors (Lipinski definition) is 1. The van der Waals surface area contributed by atoms with E-state index in [0.717, 1.165) is 30.2 Å². The first-order valence-electron chi connectivity index (χ1n) is 7.34. The van der Waals surface area contributed by atoms with Crippen LogP contribution in [0.15, 0.2) is 48.5 Å². The van der Waals surface area contributed by atoms with Crippen molar-refractivity contribution in [3.8, 4) is 5.75 Å². The van der Waals surface area contributed by atoms with Crippen molar-refractivity contribution in [3.63, 3.8) is 0 Å². The topological polar surface area (TPSA) is 21.3 Å². The smallest absolute Gasteiger partial charge is 0.119 e. The molecule has 0 radical (unpaired) electrons. The van der Waals surface area contributed by atoms with E-state index in [1.54, 1.807) is 7.11 Å². The van der Waals surface area contributed by atoms with E-state index in [0.29, 0.717) is 0 Å². The average molecular weight is 304 g/mol. The first-order chi connectivity index (χ1) is 10.2. The second kappa shape index (κ2) is 8.06. The fourth-order valence-corrected chi connectivity index (χ4v) is 2.58. The van der Waals surface area contributed by atoms with Gasteiger partial charge in [0, 0.05) is 11.1 Å². The SMILES string of the molecule is CCCNC(Cc1cccc(OC)c1)c1cccc(Cl)c1. The summed E-state index contributed by atoms with van der Waals surface area (Å²) in [6.07, 6.45) is 2.02. The van der Waals surface area contributed by atoms with Crippen LogP contribution in [0.4, 0.5) is 0 Å². The molecule has 0 fully saturated rings. The van der Waals surface area contributed by atoms with Gasteiger partial charge in [-0.1, -0.05) is 42.8 Å². The van der Waals surface area contributed by atoms with E-state index < -0.39 is 0 Å². The lowest BCUT2D eigenvalue weighted by Crippen LogP contribution is -2.24. The van der Waals surface area contributed by atoms with Crippen molar-refractivity contribution in [1.29, 1.82) is 0 Å². The van der Waals surface area contributed by atoms with Gasteiger partial charge < -0.3 is 10.1 Å². The first-order valence-corrected chi connectivity index (χ1v) is 7.72. The highest BCUT2D eigenvalue weighted by Gasteiger charge is 2.12. The number of benzene rings is 2. The highest BCUT2D eigenvalue weighted by molar-refractivity contribution is 6.30. The van der Waals surface area contributed by atoms with E-state index in [2.05, 4.69) is 30.4 Å². The van der Waals surface area contributed by atoms with Gasteiger partial charge in [-0.3, -0.25) is 0 Å². The third-order valence-electron chi connectivity index (χ3n) is 3.47. The van der Waals surface area contributed by atoms with Gasteiger partial charge in [0.25, 0.3) is 0 Å². The summed E-state index contributed by atoms with van der Waals surface area (Å²) in [5.41, 5.74) is 2.47. The lowest BCUT2D eigenvalue weighted by molar-refractivity contribution is 0.413. The molecule has 0 saturated carbocycles. The molecule has 0 saturated heterocycles. The summed E-state index contributed by atoms with van der Waals surface area (Å²) in [5, 5.41) is 4.38. The summed E-state index contributed by atoms with van der Waals surface area (Å²) in [5.74, 6) is 0.896. The molecule has 1 N–H and O–H groups in total. The molecule has 112 valence electrons. The van der Waals surface area contributed by atoms with Gasteiger partial charge in [0.05, 0.1) is 7.11 Å². The normalized spacial score (nSPS) is 12.1. The van der Waals surface area contributed by atoms with Crippen LogP contribution in [-0.2, 0) is 6.42 Å². The Bertz CT molecular complexity index is 571. The fourth-order valence-electron chi connectivity index (χ4n) is 2.38. The maximum atomic E-state index is 6.13. The minimum atomic E-state index is 0.260. The summed E-state index contributed by atoms with van der Waals surface area (Å²) in [4.78, 5) is 0. The quantitative estimate of drug-likeness (QED) is 0.805. The predicted octanol–water partition coefficient (Wildman–Crippen LogP) is 4.63. The second-order valence-corrected chi connectivity index (χ2v) is 5.55. The summed E-state index contributed by atoms with van der Waals surface area (Å²) < 4.78 is 5.30. The molecular formula is C18H22ClNO. The molecule has 0 aliphatic rings. The van der Waals surface area contributed by atoms with E-state index in [-0.39, 0.29) is 6.04 Å². The van der Waals surface area contributed by atoms with Gasteiger partial charge in [0.15, 0.2) is 0 Å². The molecule has 0 aliphatic carbocycles. The monoisotopic (exact) mass is 303 g/mol. The van der Waals surface area contributed by atoms with Crippen molar-refractivity contribution in [2.24, 2.45) is 0 Å². The molecule has 1 unspecified atom stereocenters. The van der Waals surface area contributed by atoms with E-state index in [9.17, 15) is 0 Å². The zero-order valence-electron chi connectivity index (χ0n) is 12.6. The van der Waals surface area contributed by atoms with Crippen LogP contribution < -0.4 is 10.1 Å². The largest absolute Gasteiger partial charge is 0.497 e. The van der Waals surface area contributed by atoms with Gasteiger partial charge in [-0.2, -0.15) is 0 Å². The predicted molar refractivity (Wildman–Crippen MR) is 89.2 cm³/mol. The van der Waals surface area contributed by atoms with Crippen LogP contribution in [-0.4, -0.2) is 13.7 Å². The van der Waals surface area contributed by atoms with Crippen LogP contribution in [0.1, 0.15) is 30.5 Å². The molecule has 2 nitrogen and oxygen atoms in total. The minimum absolute atomic E-state index is 0.260. The average Bonchev–Trinajstić information content (AvgIpc) is 2.51. The van der Waals surface area contributed by atoms with Gasteiger partial charge in [0.1, 0.15) is 5.75 Å². The Hall–Kier alpha value is -1.51. The number of methoxy groups -OCH3 is 1. The lowest BCUT2D eigenvalue weighted by Gasteiger charge is -2.20. The zero-order valence-corrected chi connectivity index (χ0v) is 13.4. The Morgan fingerprint density at radius 1 is 1.14 bits per heavy atom. The summed E-state index contributed by atoms with van der Waals surface area (Å²) in [6, 6.07) is 16.6. The Labute approximate surface area is 132 Å². The van der Waals surface area contributed by atoms with Crippen molar-refractivity contribution >= 4 is 11.6 Å². The maximum Gasteiger partial charge on any atom is 0.119 e. The molecule has 2 rings (SSSR count). The number of nitrogens with one attached hydrogen (secondary N) is 1. The van der Waals surface area contributed by atoms with Crippen molar-refractivity contribution < 1.29 is 4.74 Å². The van der Waals surface area contributed by atoms with Crippen LogP contribution >= 0.6 is 11.6 Å². The van der Waals surface area contributed by atoms with Crippen LogP contribution in [0.3, 0.4) is 0 Å². The fraction of sp³-hybridized carbons (Fsp3) is 0.333. The maximum absolute atomic E-state index is 6.13.